The molecule has 1 fully saturated rings. The maximum absolute atomic E-state index is 12.0. The van der Waals surface area contributed by atoms with Gasteiger partial charge in [-0.3, -0.25) is 4.79 Å². The topological polar surface area (TPSA) is 64.6 Å². The van der Waals surface area contributed by atoms with Crippen molar-refractivity contribution in [3.8, 4) is 5.75 Å². The van der Waals surface area contributed by atoms with E-state index in [0.717, 1.165) is 5.56 Å². The van der Waals surface area contributed by atoms with Crippen LogP contribution < -0.4 is 10.1 Å². The summed E-state index contributed by atoms with van der Waals surface area (Å²) in [5.74, 6) is 0.405. The summed E-state index contributed by atoms with van der Waals surface area (Å²) < 4.78 is 10.6. The number of rotatable bonds is 7. The quantitative estimate of drug-likeness (QED) is 0.779. The molecule has 1 atom stereocenters. The van der Waals surface area contributed by atoms with Gasteiger partial charge in [-0.25, -0.2) is 4.79 Å². The van der Waals surface area contributed by atoms with Crippen molar-refractivity contribution in [2.24, 2.45) is 5.92 Å². The zero-order chi connectivity index (χ0) is 17.4. The van der Waals surface area contributed by atoms with E-state index in [-0.39, 0.29) is 12.5 Å². The van der Waals surface area contributed by atoms with E-state index < -0.39 is 12.1 Å². The van der Waals surface area contributed by atoms with Gasteiger partial charge in [-0.05, 0) is 44.2 Å². The van der Waals surface area contributed by atoms with Crippen LogP contribution in [0.15, 0.2) is 24.3 Å². The number of carbonyl (C=O) groups is 2. The van der Waals surface area contributed by atoms with E-state index in [9.17, 15) is 9.59 Å². The molecule has 1 N–H and O–H groups in total. The van der Waals surface area contributed by atoms with Gasteiger partial charge in [0.1, 0.15) is 5.75 Å². The average Bonchev–Trinajstić information content (AvgIpc) is 2.59. The Labute approximate surface area is 143 Å². The number of aryl methyl sites for hydroxylation is 1. The van der Waals surface area contributed by atoms with Gasteiger partial charge in [0.25, 0.3) is 5.91 Å². The van der Waals surface area contributed by atoms with Gasteiger partial charge < -0.3 is 14.8 Å². The molecule has 1 saturated carbocycles. The Kier molecular flexibility index (Phi) is 7.09. The Hall–Kier alpha value is -2.04. The van der Waals surface area contributed by atoms with Crippen molar-refractivity contribution in [1.82, 2.24) is 5.32 Å². The minimum atomic E-state index is -0.804. The molecule has 1 amide bonds. The Morgan fingerprint density at radius 2 is 1.92 bits per heavy atom. The standard InChI is InChI=1S/C19H27NO4/c1-14-8-6-7-11-17(14)23-13-18(21)24-15(2)19(22)20-12-16-9-4-3-5-10-16/h6-8,11,15-16H,3-5,9-10,12-13H2,1-2H3,(H,20,22)/t15-/m0/s1. The summed E-state index contributed by atoms with van der Waals surface area (Å²) in [6, 6.07) is 7.44. The minimum absolute atomic E-state index is 0.203. The molecule has 5 heteroatoms. The maximum atomic E-state index is 12.0. The lowest BCUT2D eigenvalue weighted by atomic mass is 9.89. The predicted molar refractivity (Wildman–Crippen MR) is 91.8 cm³/mol. The first kappa shape index (κ1) is 18.3. The molecule has 5 nitrogen and oxygen atoms in total. The van der Waals surface area contributed by atoms with Crippen molar-refractivity contribution in [3.63, 3.8) is 0 Å². The zero-order valence-electron chi connectivity index (χ0n) is 14.5. The van der Waals surface area contributed by atoms with Crippen molar-refractivity contribution in [2.45, 2.75) is 52.1 Å². The fourth-order valence-electron chi connectivity index (χ4n) is 2.92. The van der Waals surface area contributed by atoms with E-state index in [1.165, 1.54) is 32.1 Å². The monoisotopic (exact) mass is 333 g/mol. The maximum Gasteiger partial charge on any atom is 0.344 e. The van der Waals surface area contributed by atoms with E-state index in [1.54, 1.807) is 13.0 Å². The van der Waals surface area contributed by atoms with Gasteiger partial charge in [0.05, 0.1) is 0 Å². The highest BCUT2D eigenvalue weighted by atomic mass is 16.6. The van der Waals surface area contributed by atoms with Crippen LogP contribution in [-0.4, -0.2) is 31.1 Å². The Bertz CT molecular complexity index is 552. The van der Waals surface area contributed by atoms with Crippen LogP contribution in [0, 0.1) is 12.8 Å². The first-order valence-electron chi connectivity index (χ1n) is 8.72. The third-order valence-electron chi connectivity index (χ3n) is 4.41. The summed E-state index contributed by atoms with van der Waals surface area (Å²) in [5.41, 5.74) is 0.948. The number of benzene rings is 1. The van der Waals surface area contributed by atoms with Crippen LogP contribution in [0.4, 0.5) is 0 Å². The fourth-order valence-corrected chi connectivity index (χ4v) is 2.92. The van der Waals surface area contributed by atoms with Gasteiger partial charge in [-0.15, -0.1) is 0 Å². The van der Waals surface area contributed by atoms with Gasteiger partial charge in [0, 0.05) is 6.54 Å². The van der Waals surface area contributed by atoms with Gasteiger partial charge >= 0.3 is 5.97 Å². The predicted octanol–water partition coefficient (Wildman–Crippen LogP) is 3.00. The van der Waals surface area contributed by atoms with Crippen LogP contribution in [-0.2, 0) is 14.3 Å². The lowest BCUT2D eigenvalue weighted by molar-refractivity contribution is -0.156. The van der Waals surface area contributed by atoms with Gasteiger partial charge in [-0.2, -0.15) is 0 Å². The van der Waals surface area contributed by atoms with Crippen molar-refractivity contribution in [3.05, 3.63) is 29.8 Å². The summed E-state index contributed by atoms with van der Waals surface area (Å²) >= 11 is 0. The molecule has 0 spiro atoms. The molecule has 132 valence electrons. The molecular formula is C19H27NO4. The number of ether oxygens (including phenoxy) is 2. The van der Waals surface area contributed by atoms with Crippen LogP contribution in [0.2, 0.25) is 0 Å². The molecule has 1 aliphatic rings. The molecular weight excluding hydrogens is 306 g/mol. The van der Waals surface area contributed by atoms with E-state index in [1.807, 2.05) is 25.1 Å². The summed E-state index contributed by atoms with van der Waals surface area (Å²) in [6.07, 6.45) is 5.29. The second kappa shape index (κ2) is 9.30. The van der Waals surface area contributed by atoms with E-state index in [4.69, 9.17) is 9.47 Å². The molecule has 1 aliphatic carbocycles. The molecule has 0 radical (unpaired) electrons. The summed E-state index contributed by atoms with van der Waals surface area (Å²) in [4.78, 5) is 23.8. The highest BCUT2D eigenvalue weighted by Gasteiger charge is 2.20. The average molecular weight is 333 g/mol. The Morgan fingerprint density at radius 3 is 2.62 bits per heavy atom. The van der Waals surface area contributed by atoms with Gasteiger partial charge in [-0.1, -0.05) is 37.5 Å². The van der Waals surface area contributed by atoms with E-state index in [0.29, 0.717) is 18.2 Å². The van der Waals surface area contributed by atoms with Gasteiger partial charge in [0.2, 0.25) is 0 Å². The van der Waals surface area contributed by atoms with Crippen molar-refractivity contribution >= 4 is 11.9 Å². The van der Waals surface area contributed by atoms with Crippen LogP contribution in [0.5, 0.6) is 5.75 Å². The molecule has 0 aromatic heterocycles. The lowest BCUT2D eigenvalue weighted by Gasteiger charge is -2.22. The van der Waals surface area contributed by atoms with Crippen molar-refractivity contribution in [2.75, 3.05) is 13.2 Å². The van der Waals surface area contributed by atoms with Crippen molar-refractivity contribution < 1.29 is 19.1 Å². The van der Waals surface area contributed by atoms with E-state index in [2.05, 4.69) is 5.32 Å². The summed E-state index contributed by atoms with van der Waals surface area (Å²) in [6.45, 7) is 3.95. The number of esters is 1. The molecule has 0 heterocycles. The molecule has 0 bridgehead atoms. The number of carbonyl (C=O) groups excluding carboxylic acids is 2. The second-order valence-electron chi connectivity index (χ2n) is 6.44. The minimum Gasteiger partial charge on any atom is -0.482 e. The first-order valence-corrected chi connectivity index (χ1v) is 8.72. The molecule has 24 heavy (non-hydrogen) atoms. The van der Waals surface area contributed by atoms with Crippen LogP contribution in [0.1, 0.15) is 44.6 Å². The normalized spacial score (nSPS) is 16.2. The molecule has 1 aromatic rings. The Morgan fingerprint density at radius 1 is 1.21 bits per heavy atom. The van der Waals surface area contributed by atoms with E-state index >= 15 is 0 Å². The molecule has 0 aliphatic heterocycles. The zero-order valence-corrected chi connectivity index (χ0v) is 14.5. The molecule has 0 saturated heterocycles. The third-order valence-corrected chi connectivity index (χ3v) is 4.41. The number of nitrogens with one attached hydrogen (secondary N) is 1. The fraction of sp³-hybridized carbons (Fsp3) is 0.579. The summed E-state index contributed by atoms with van der Waals surface area (Å²) in [5, 5.41) is 2.88. The number of hydrogen-bond acceptors (Lipinski definition) is 4. The Balaban J connectivity index is 1.68. The molecule has 0 unspecified atom stereocenters. The van der Waals surface area contributed by atoms with Crippen LogP contribution in [0.3, 0.4) is 0 Å². The van der Waals surface area contributed by atoms with Crippen LogP contribution >= 0.6 is 0 Å². The lowest BCUT2D eigenvalue weighted by Crippen LogP contribution is -2.39. The third kappa shape index (κ3) is 5.87. The van der Waals surface area contributed by atoms with Crippen molar-refractivity contribution in [1.29, 1.82) is 0 Å². The number of amides is 1. The number of hydrogen-bond donors (Lipinski definition) is 1. The highest BCUT2D eigenvalue weighted by Crippen LogP contribution is 2.22. The summed E-state index contributed by atoms with van der Waals surface area (Å²) in [7, 11) is 0. The second-order valence-corrected chi connectivity index (χ2v) is 6.44. The number of para-hydroxylation sites is 1. The van der Waals surface area contributed by atoms with Crippen LogP contribution in [0.25, 0.3) is 0 Å². The van der Waals surface area contributed by atoms with Gasteiger partial charge in [0.15, 0.2) is 12.7 Å². The highest BCUT2D eigenvalue weighted by molar-refractivity contribution is 5.83. The largest absolute Gasteiger partial charge is 0.482 e. The molecule has 1 aromatic carbocycles. The SMILES string of the molecule is Cc1ccccc1OCC(=O)O[C@@H](C)C(=O)NCC1CCCCC1. The molecule has 2 rings (SSSR count). The smallest absolute Gasteiger partial charge is 0.344 e. The first-order chi connectivity index (χ1) is 11.6.